The topological polar surface area (TPSA) is 33.3 Å². The molecule has 2 aromatic rings. The van der Waals surface area contributed by atoms with Crippen LogP contribution in [0.1, 0.15) is 30.9 Å². The molecule has 0 aliphatic carbocycles. The van der Waals surface area contributed by atoms with Crippen molar-refractivity contribution in [3.63, 3.8) is 0 Å². The molecule has 0 spiro atoms. The lowest BCUT2D eigenvalue weighted by Gasteiger charge is -2.27. The van der Waals surface area contributed by atoms with Crippen LogP contribution in [0.3, 0.4) is 0 Å². The fourth-order valence-corrected chi connectivity index (χ4v) is 5.62. The van der Waals surface area contributed by atoms with Crippen LogP contribution in [-0.2, 0) is 0 Å². The van der Waals surface area contributed by atoms with E-state index in [0.717, 1.165) is 17.0 Å². The zero-order valence-electron chi connectivity index (χ0n) is 19.6. The van der Waals surface area contributed by atoms with Crippen molar-refractivity contribution in [1.29, 1.82) is 0 Å². The Morgan fingerprint density at radius 1 is 1.25 bits per heavy atom. The van der Waals surface area contributed by atoms with Gasteiger partial charge in [0.05, 0.1) is 19.3 Å². The number of hydrogen-bond acceptors (Lipinski definition) is 4. The highest BCUT2D eigenvalue weighted by atomic mass is 32.2. The largest absolute Gasteiger partial charge is 0.495 e. The van der Waals surface area contributed by atoms with Crippen molar-refractivity contribution in [2.45, 2.75) is 37.6 Å². The maximum absolute atomic E-state index is 5.49. The third-order valence-electron chi connectivity index (χ3n) is 5.62. The molecule has 170 valence electrons. The van der Waals surface area contributed by atoms with Crippen molar-refractivity contribution in [3.05, 3.63) is 53.1 Å². The number of thioether (sulfide) groups is 1. The van der Waals surface area contributed by atoms with Gasteiger partial charge in [0, 0.05) is 22.2 Å². The summed E-state index contributed by atoms with van der Waals surface area (Å²) in [6.07, 6.45) is 6.67. The summed E-state index contributed by atoms with van der Waals surface area (Å²) in [6.45, 7) is 4.80. The summed E-state index contributed by atoms with van der Waals surface area (Å²) in [5, 5.41) is 7.15. The van der Waals surface area contributed by atoms with Crippen LogP contribution in [0, 0.1) is 18.8 Å². The summed E-state index contributed by atoms with van der Waals surface area (Å²) >= 11 is 1.70. The molecule has 0 bridgehead atoms. The number of ether oxygens (including phenoxy) is 1. The quantitative estimate of drug-likeness (QED) is 0.276. The van der Waals surface area contributed by atoms with Gasteiger partial charge in [-0.15, -0.1) is 11.8 Å². The maximum atomic E-state index is 5.49. The number of rotatable bonds is 7. The molecule has 0 saturated carbocycles. The molecule has 0 aromatic heterocycles. The highest BCUT2D eigenvalue weighted by Gasteiger charge is 2.16. The Hall–Kier alpha value is -2.29. The molecule has 0 atom stereocenters. The van der Waals surface area contributed by atoms with Crippen LogP contribution in [0.2, 0.25) is 0 Å². The van der Waals surface area contributed by atoms with E-state index in [0.29, 0.717) is 23.1 Å². The fraction of sp³-hybridized carbons (Fsp3) is 0.370. The van der Waals surface area contributed by atoms with E-state index in [9.17, 15) is 0 Å². The molecular weight excluding hydrogens is 432 g/mol. The Kier molecular flexibility index (Phi) is 9.20. The molecule has 1 aliphatic heterocycles. The summed E-state index contributed by atoms with van der Waals surface area (Å²) in [4.78, 5) is 1.18. The molecule has 1 heterocycles. The molecular formula is C27H34N2OS2. The van der Waals surface area contributed by atoms with Crippen molar-refractivity contribution in [2.24, 2.45) is 0 Å². The van der Waals surface area contributed by atoms with Crippen LogP contribution in [0.15, 0.2) is 46.9 Å². The SMILES string of the molecule is C=S1CCC(Nc2cccc(C)c2/C=C(\C)C#CCNc2ccc(SC)cc2OC)CC1. The number of allylic oxidation sites excluding steroid dienone is 1. The highest BCUT2D eigenvalue weighted by Crippen LogP contribution is 2.30. The Labute approximate surface area is 200 Å². The van der Waals surface area contributed by atoms with Gasteiger partial charge >= 0.3 is 0 Å². The van der Waals surface area contributed by atoms with E-state index in [1.807, 2.05) is 12.1 Å². The van der Waals surface area contributed by atoms with Crippen LogP contribution in [0.25, 0.3) is 6.08 Å². The second-order valence-corrected chi connectivity index (χ2v) is 10.9. The monoisotopic (exact) mass is 466 g/mol. The van der Waals surface area contributed by atoms with E-state index < -0.39 is 0 Å². The number of nitrogens with one attached hydrogen (secondary N) is 2. The minimum absolute atomic E-state index is 0.354. The molecule has 1 saturated heterocycles. The number of hydrogen-bond donors (Lipinski definition) is 2. The molecule has 32 heavy (non-hydrogen) atoms. The highest BCUT2D eigenvalue weighted by molar-refractivity contribution is 8.14. The van der Waals surface area contributed by atoms with E-state index >= 15 is 0 Å². The minimum atomic E-state index is 0.354. The molecule has 1 fully saturated rings. The van der Waals surface area contributed by atoms with Gasteiger partial charge in [0.25, 0.3) is 0 Å². The first-order valence-corrected chi connectivity index (χ1v) is 13.9. The Balaban J connectivity index is 1.67. The normalized spacial score (nSPS) is 18.4. The number of methoxy groups -OCH3 is 1. The molecule has 5 heteroatoms. The van der Waals surface area contributed by atoms with Crippen molar-refractivity contribution >= 4 is 45.6 Å². The summed E-state index contributed by atoms with van der Waals surface area (Å²) in [7, 11) is 2.05. The summed E-state index contributed by atoms with van der Waals surface area (Å²) in [6, 6.07) is 13.2. The molecule has 3 nitrogen and oxygen atoms in total. The van der Waals surface area contributed by atoms with Gasteiger partial charge in [-0.1, -0.05) is 29.8 Å². The number of benzene rings is 2. The van der Waals surface area contributed by atoms with Gasteiger partial charge in [-0.05, 0) is 85.9 Å². The van der Waals surface area contributed by atoms with Crippen LogP contribution >= 0.6 is 22.2 Å². The van der Waals surface area contributed by atoms with Crippen LogP contribution < -0.4 is 15.4 Å². The van der Waals surface area contributed by atoms with Gasteiger partial charge in [-0.25, -0.2) is 0 Å². The first-order chi connectivity index (χ1) is 15.5. The van der Waals surface area contributed by atoms with E-state index in [1.165, 1.54) is 46.1 Å². The third kappa shape index (κ3) is 6.85. The Morgan fingerprint density at radius 2 is 2.03 bits per heavy atom. The summed E-state index contributed by atoms with van der Waals surface area (Å²) in [5.41, 5.74) is 5.72. The molecule has 0 radical (unpaired) electrons. The van der Waals surface area contributed by atoms with Crippen LogP contribution in [0.5, 0.6) is 5.75 Å². The zero-order valence-corrected chi connectivity index (χ0v) is 21.2. The smallest absolute Gasteiger partial charge is 0.143 e. The lowest BCUT2D eigenvalue weighted by Crippen LogP contribution is -2.25. The average molecular weight is 467 g/mol. The predicted octanol–water partition coefficient (Wildman–Crippen LogP) is 6.52. The van der Waals surface area contributed by atoms with Crippen molar-refractivity contribution < 1.29 is 4.74 Å². The van der Waals surface area contributed by atoms with Crippen molar-refractivity contribution in [1.82, 2.24) is 0 Å². The van der Waals surface area contributed by atoms with Crippen LogP contribution in [0.4, 0.5) is 11.4 Å². The third-order valence-corrected chi connectivity index (χ3v) is 7.97. The van der Waals surface area contributed by atoms with E-state index in [4.69, 9.17) is 4.74 Å². The van der Waals surface area contributed by atoms with Gasteiger partial charge in [0.2, 0.25) is 0 Å². The first-order valence-electron chi connectivity index (χ1n) is 11.0. The van der Waals surface area contributed by atoms with E-state index in [-0.39, 0.29) is 0 Å². The lowest BCUT2D eigenvalue weighted by molar-refractivity contribution is 0.415. The van der Waals surface area contributed by atoms with Crippen molar-refractivity contribution in [3.8, 4) is 17.6 Å². The zero-order chi connectivity index (χ0) is 22.9. The molecule has 0 amide bonds. The fourth-order valence-electron chi connectivity index (χ4n) is 3.75. The van der Waals surface area contributed by atoms with E-state index in [2.05, 4.69) is 78.8 Å². The Bertz CT molecular complexity index is 1040. The summed E-state index contributed by atoms with van der Waals surface area (Å²) in [5.74, 6) is 14.1. The standard InChI is InChI=1S/C27H34N2OS2/c1-20(8-7-15-28-26-12-11-23(31-4)19-27(26)30-3)18-24-21(2)9-6-10-25(24)29-22-13-16-32(5)17-14-22/h6,9-12,18-19,22,28-29H,5,13-17H2,1-4H3/b20-18+. The van der Waals surface area contributed by atoms with Gasteiger partial charge in [-0.3, -0.25) is 0 Å². The molecule has 2 aromatic carbocycles. The average Bonchev–Trinajstić information content (AvgIpc) is 2.80. The lowest BCUT2D eigenvalue weighted by atomic mass is 10.0. The van der Waals surface area contributed by atoms with Gasteiger partial charge in [-0.2, -0.15) is 10.5 Å². The van der Waals surface area contributed by atoms with Gasteiger partial charge in [0.15, 0.2) is 0 Å². The molecule has 3 rings (SSSR count). The van der Waals surface area contributed by atoms with E-state index in [1.54, 1.807) is 18.9 Å². The molecule has 1 aliphatic rings. The predicted molar refractivity (Wildman–Crippen MR) is 147 cm³/mol. The molecule has 0 unspecified atom stereocenters. The maximum Gasteiger partial charge on any atom is 0.143 e. The van der Waals surface area contributed by atoms with Gasteiger partial charge < -0.3 is 15.4 Å². The molecule has 2 N–H and O–H groups in total. The minimum Gasteiger partial charge on any atom is -0.495 e. The van der Waals surface area contributed by atoms with Crippen molar-refractivity contribution in [2.75, 3.05) is 42.0 Å². The second kappa shape index (κ2) is 12.1. The number of anilines is 2. The first kappa shape index (κ1) is 24.4. The van der Waals surface area contributed by atoms with Crippen LogP contribution in [-0.4, -0.2) is 43.3 Å². The second-order valence-electron chi connectivity index (χ2n) is 8.02. The summed E-state index contributed by atoms with van der Waals surface area (Å²) < 4.78 is 5.49. The van der Waals surface area contributed by atoms with Gasteiger partial charge in [0.1, 0.15) is 5.75 Å². The number of aryl methyl sites for hydroxylation is 1. The Morgan fingerprint density at radius 3 is 2.75 bits per heavy atom.